The number of amides is 2. The normalized spacial score (nSPS) is 18.9. The molecule has 1 heterocycles. The lowest BCUT2D eigenvalue weighted by atomic mass is 9.92. The molecule has 2 aromatic carbocycles. The van der Waals surface area contributed by atoms with Gasteiger partial charge in [-0.15, -0.1) is 0 Å². The Labute approximate surface area is 172 Å². The molecule has 1 atom stereocenters. The second kappa shape index (κ2) is 8.31. The van der Waals surface area contributed by atoms with Crippen LogP contribution in [0, 0.1) is 5.82 Å². The van der Waals surface area contributed by atoms with Crippen LogP contribution in [0.1, 0.15) is 35.2 Å². The van der Waals surface area contributed by atoms with E-state index >= 15 is 0 Å². The van der Waals surface area contributed by atoms with Gasteiger partial charge in [0.1, 0.15) is 5.82 Å². The Bertz CT molecular complexity index is 943. The molecule has 2 aromatic rings. The monoisotopic (exact) mass is 418 g/mol. The third kappa shape index (κ3) is 4.46. The lowest BCUT2D eigenvalue weighted by molar-refractivity contribution is -0.147. The zero-order valence-corrected chi connectivity index (χ0v) is 16.3. The van der Waals surface area contributed by atoms with Crippen molar-refractivity contribution >= 4 is 34.9 Å². The average Bonchev–Trinajstić information content (AvgIpc) is 2.97. The van der Waals surface area contributed by atoms with Crippen molar-refractivity contribution in [3.8, 4) is 0 Å². The number of hydrogen-bond donors (Lipinski definition) is 2. The third-order valence-corrected chi connectivity index (χ3v) is 5.23. The van der Waals surface area contributed by atoms with Crippen LogP contribution in [0.15, 0.2) is 42.5 Å². The van der Waals surface area contributed by atoms with Gasteiger partial charge in [-0.2, -0.15) is 0 Å². The van der Waals surface area contributed by atoms with Gasteiger partial charge in [0, 0.05) is 35.7 Å². The van der Waals surface area contributed by atoms with Gasteiger partial charge in [0.25, 0.3) is 5.91 Å². The molecule has 0 unspecified atom stereocenters. The van der Waals surface area contributed by atoms with E-state index in [1.54, 1.807) is 18.2 Å². The second-order valence-electron chi connectivity index (χ2n) is 7.03. The van der Waals surface area contributed by atoms with Crippen molar-refractivity contribution < 1.29 is 23.9 Å². The lowest BCUT2D eigenvalue weighted by Gasteiger charge is -2.21. The summed E-state index contributed by atoms with van der Waals surface area (Å²) in [7, 11) is 0. The van der Waals surface area contributed by atoms with Crippen LogP contribution in [-0.2, 0) is 16.0 Å². The van der Waals surface area contributed by atoms with Crippen LogP contribution in [0.2, 0.25) is 5.02 Å². The highest BCUT2D eigenvalue weighted by molar-refractivity contribution is 6.30. The molecule has 1 aliphatic rings. The van der Waals surface area contributed by atoms with Crippen molar-refractivity contribution in [3.05, 3.63) is 64.4 Å². The maximum Gasteiger partial charge on any atom is 0.266 e. The molecule has 29 heavy (non-hydrogen) atoms. The first-order valence-corrected chi connectivity index (χ1v) is 9.51. The van der Waals surface area contributed by atoms with Crippen molar-refractivity contribution in [2.45, 2.75) is 31.3 Å². The van der Waals surface area contributed by atoms with Crippen LogP contribution in [-0.4, -0.2) is 34.8 Å². The van der Waals surface area contributed by atoms with Gasteiger partial charge in [0.2, 0.25) is 11.5 Å². The molecule has 3 N–H and O–H groups in total. The summed E-state index contributed by atoms with van der Waals surface area (Å²) in [5.41, 5.74) is 4.53. The minimum absolute atomic E-state index is 0.0198. The van der Waals surface area contributed by atoms with Gasteiger partial charge in [-0.1, -0.05) is 11.6 Å². The highest BCUT2D eigenvalue weighted by Crippen LogP contribution is 2.30. The summed E-state index contributed by atoms with van der Waals surface area (Å²) >= 11 is 5.82. The first-order valence-electron chi connectivity index (χ1n) is 9.13. The molecule has 0 aromatic heterocycles. The van der Waals surface area contributed by atoms with Crippen molar-refractivity contribution in [2.24, 2.45) is 5.73 Å². The summed E-state index contributed by atoms with van der Waals surface area (Å²) < 4.78 is 13.4. The first kappa shape index (κ1) is 21.0. The SMILES string of the molecule is NC(=O)c1ccc(N2CC[C@](O)(C(=O)CCCc3cc(F)cc(Cl)c3)C2=O)cc1. The zero-order valence-electron chi connectivity index (χ0n) is 15.5. The van der Waals surface area contributed by atoms with Crippen LogP contribution in [0.5, 0.6) is 0 Å². The van der Waals surface area contributed by atoms with Crippen LogP contribution in [0.4, 0.5) is 10.1 Å². The standard InChI is InChI=1S/C21H20ClFN2O4/c22-15-10-13(11-16(23)12-15)2-1-3-18(26)21(29)8-9-25(20(21)28)17-6-4-14(5-7-17)19(24)27/h4-7,10-12,29H,1-3,8-9H2,(H2,24,27)/t21-/m0/s1. The number of nitrogens with zero attached hydrogens (tertiary/aromatic N) is 1. The predicted octanol–water partition coefficient (Wildman–Crippen LogP) is 2.64. The van der Waals surface area contributed by atoms with Gasteiger partial charge in [0.05, 0.1) is 0 Å². The number of benzene rings is 2. The molecule has 0 aliphatic carbocycles. The number of ketones is 1. The number of nitrogens with two attached hydrogens (primary N) is 1. The van der Waals surface area contributed by atoms with Gasteiger partial charge < -0.3 is 15.7 Å². The summed E-state index contributed by atoms with van der Waals surface area (Å²) in [5, 5.41) is 11.0. The smallest absolute Gasteiger partial charge is 0.266 e. The number of aliphatic hydroxyl groups is 1. The van der Waals surface area contributed by atoms with E-state index in [2.05, 4.69) is 0 Å². The largest absolute Gasteiger partial charge is 0.373 e. The van der Waals surface area contributed by atoms with E-state index in [1.807, 2.05) is 0 Å². The minimum Gasteiger partial charge on any atom is -0.373 e. The molecular formula is C21H20ClFN2O4. The van der Waals surface area contributed by atoms with Crippen molar-refractivity contribution in [3.63, 3.8) is 0 Å². The van der Waals surface area contributed by atoms with Gasteiger partial charge in [0.15, 0.2) is 5.78 Å². The molecule has 1 saturated heterocycles. The fraction of sp³-hybridized carbons (Fsp3) is 0.286. The van der Waals surface area contributed by atoms with Crippen LogP contribution in [0.25, 0.3) is 0 Å². The topological polar surface area (TPSA) is 101 Å². The van der Waals surface area contributed by atoms with Crippen LogP contribution < -0.4 is 10.6 Å². The Morgan fingerprint density at radius 2 is 1.90 bits per heavy atom. The van der Waals surface area contributed by atoms with E-state index < -0.39 is 29.0 Å². The minimum atomic E-state index is -2.08. The number of Topliss-reactive ketones (excluding diaryl/α,β-unsaturated/α-hetero) is 1. The van der Waals surface area contributed by atoms with Gasteiger partial charge in [-0.25, -0.2) is 4.39 Å². The second-order valence-corrected chi connectivity index (χ2v) is 7.47. The molecule has 0 saturated carbocycles. The quantitative estimate of drug-likeness (QED) is 0.675. The number of halogens is 2. The third-order valence-electron chi connectivity index (χ3n) is 5.01. The number of carbonyl (C=O) groups is 3. The zero-order chi connectivity index (χ0) is 21.2. The van der Waals surface area contributed by atoms with E-state index in [0.29, 0.717) is 29.7 Å². The molecule has 152 valence electrons. The summed E-state index contributed by atoms with van der Waals surface area (Å²) in [6, 6.07) is 10.2. The first-order chi connectivity index (χ1) is 13.7. The molecule has 0 spiro atoms. The number of anilines is 1. The molecule has 8 heteroatoms. The molecule has 0 bridgehead atoms. The number of aryl methyl sites for hydroxylation is 1. The summed E-state index contributed by atoms with van der Waals surface area (Å²) in [6.45, 7) is 0.177. The Morgan fingerprint density at radius 1 is 1.21 bits per heavy atom. The molecule has 6 nitrogen and oxygen atoms in total. The number of hydrogen-bond acceptors (Lipinski definition) is 4. The predicted molar refractivity (Wildman–Crippen MR) is 106 cm³/mol. The van der Waals surface area contributed by atoms with Crippen molar-refractivity contribution in [2.75, 3.05) is 11.4 Å². The van der Waals surface area contributed by atoms with Crippen LogP contribution >= 0.6 is 11.6 Å². The molecule has 1 aliphatic heterocycles. The maximum atomic E-state index is 13.4. The fourth-order valence-electron chi connectivity index (χ4n) is 3.43. The van der Waals surface area contributed by atoms with Crippen molar-refractivity contribution in [1.29, 1.82) is 0 Å². The van der Waals surface area contributed by atoms with E-state index in [4.69, 9.17) is 17.3 Å². The van der Waals surface area contributed by atoms with E-state index in [-0.39, 0.29) is 24.4 Å². The molecule has 0 radical (unpaired) electrons. The molecule has 2 amide bonds. The highest BCUT2D eigenvalue weighted by Gasteiger charge is 2.50. The Morgan fingerprint density at radius 3 is 2.52 bits per heavy atom. The number of rotatable bonds is 7. The highest BCUT2D eigenvalue weighted by atomic mass is 35.5. The number of primary amides is 1. The maximum absolute atomic E-state index is 13.4. The molecular weight excluding hydrogens is 399 g/mol. The van der Waals surface area contributed by atoms with Crippen LogP contribution in [0.3, 0.4) is 0 Å². The summed E-state index contributed by atoms with van der Waals surface area (Å²) in [4.78, 5) is 37.7. The Hall–Kier alpha value is -2.77. The van der Waals surface area contributed by atoms with Crippen molar-refractivity contribution in [1.82, 2.24) is 0 Å². The van der Waals surface area contributed by atoms with E-state index in [0.717, 1.165) is 0 Å². The summed E-state index contributed by atoms with van der Waals surface area (Å²) in [5.74, 6) is -2.30. The fourth-order valence-corrected chi connectivity index (χ4v) is 3.68. The lowest BCUT2D eigenvalue weighted by Crippen LogP contribution is -2.46. The Balaban J connectivity index is 1.63. The molecule has 1 fully saturated rings. The number of carbonyl (C=O) groups excluding carboxylic acids is 3. The summed E-state index contributed by atoms with van der Waals surface area (Å²) in [6.07, 6.45) is 0.701. The average molecular weight is 419 g/mol. The van der Waals surface area contributed by atoms with E-state index in [9.17, 15) is 23.9 Å². The molecule has 3 rings (SSSR count). The van der Waals surface area contributed by atoms with Gasteiger partial charge in [-0.3, -0.25) is 14.4 Å². The van der Waals surface area contributed by atoms with Gasteiger partial charge in [-0.05, 0) is 60.9 Å². The van der Waals surface area contributed by atoms with Gasteiger partial charge >= 0.3 is 0 Å². The van der Waals surface area contributed by atoms with E-state index in [1.165, 1.54) is 29.2 Å². The Kier molecular flexibility index (Phi) is 6.00.